The number of morpholine rings is 2. The number of carbonyl (C=O) groups excluding carboxylic acids is 2. The summed E-state index contributed by atoms with van der Waals surface area (Å²) in [6, 6.07) is -0.900. The number of rotatable bonds is 3. The van der Waals surface area contributed by atoms with Crippen molar-refractivity contribution in [2.24, 2.45) is 17.8 Å². The SMILES string of the molecule is O=C1C(C(=O)N2CCOCC2)=CN2C3CC4CCCCC4CC3OC3C2C1CC(F)C3n1cnc(CO)c1. The fraction of sp³-hybridized carbons (Fsp3) is 0.750. The van der Waals surface area contributed by atoms with Gasteiger partial charge in [0, 0.05) is 31.4 Å². The average Bonchev–Trinajstić information content (AvgIpc) is 3.42. The van der Waals surface area contributed by atoms with Gasteiger partial charge in [-0.15, -0.1) is 0 Å². The number of ketones is 1. The molecule has 0 aromatic carbocycles. The summed E-state index contributed by atoms with van der Waals surface area (Å²) >= 11 is 0. The molecule has 9 unspecified atom stereocenters. The quantitative estimate of drug-likeness (QED) is 0.600. The molecule has 4 heterocycles. The molecule has 0 bridgehead atoms. The molecular formula is C28H37FN4O5. The van der Waals surface area contributed by atoms with E-state index in [1.54, 1.807) is 22.0 Å². The van der Waals surface area contributed by atoms with Gasteiger partial charge in [0.25, 0.3) is 5.91 Å². The lowest BCUT2D eigenvalue weighted by atomic mass is 9.65. The number of alkyl halides is 1. The fourth-order valence-corrected chi connectivity index (χ4v) is 8.34. The van der Waals surface area contributed by atoms with Crippen molar-refractivity contribution in [3.05, 3.63) is 30.0 Å². The molecule has 3 aliphatic carbocycles. The zero-order chi connectivity index (χ0) is 26.0. The molecule has 1 amide bonds. The largest absolute Gasteiger partial charge is 0.390 e. The van der Waals surface area contributed by atoms with Crippen LogP contribution in [0, 0.1) is 17.8 Å². The molecule has 6 aliphatic rings. The molecule has 3 saturated carbocycles. The van der Waals surface area contributed by atoms with Crippen LogP contribution in [0.2, 0.25) is 0 Å². The van der Waals surface area contributed by atoms with E-state index in [4.69, 9.17) is 9.47 Å². The second-order valence-corrected chi connectivity index (χ2v) is 12.1. The number of carbonyl (C=O) groups is 2. The van der Waals surface area contributed by atoms with Gasteiger partial charge >= 0.3 is 0 Å². The highest BCUT2D eigenvalue weighted by Gasteiger charge is 2.60. The van der Waals surface area contributed by atoms with Crippen molar-refractivity contribution >= 4 is 11.7 Å². The number of nitrogens with zero attached hydrogens (tertiary/aromatic N) is 4. The third-order valence-corrected chi connectivity index (χ3v) is 10.1. The molecule has 38 heavy (non-hydrogen) atoms. The molecule has 0 radical (unpaired) electrons. The number of aliphatic hydroxyl groups excluding tert-OH is 1. The maximum Gasteiger partial charge on any atom is 0.259 e. The molecular weight excluding hydrogens is 491 g/mol. The van der Waals surface area contributed by atoms with Crippen LogP contribution in [0.1, 0.15) is 56.7 Å². The lowest BCUT2D eigenvalue weighted by molar-refractivity contribution is -0.214. The number of hydrogen-bond acceptors (Lipinski definition) is 7. The molecule has 9 atom stereocenters. The summed E-state index contributed by atoms with van der Waals surface area (Å²) in [4.78, 5) is 35.6. The van der Waals surface area contributed by atoms with Crippen LogP contribution in [0.3, 0.4) is 0 Å². The second kappa shape index (κ2) is 9.71. The first-order valence-corrected chi connectivity index (χ1v) is 14.4. The third kappa shape index (κ3) is 3.93. The van der Waals surface area contributed by atoms with Crippen molar-refractivity contribution < 1.29 is 28.6 Å². The summed E-state index contributed by atoms with van der Waals surface area (Å²) in [6.07, 6.45) is 9.98. The number of aliphatic hydroxyl groups is 1. The predicted octanol–water partition coefficient (Wildman–Crippen LogP) is 2.01. The van der Waals surface area contributed by atoms with Crippen molar-refractivity contribution in [2.75, 3.05) is 26.3 Å². The number of amides is 1. The minimum Gasteiger partial charge on any atom is -0.390 e. The van der Waals surface area contributed by atoms with Gasteiger partial charge in [-0.25, -0.2) is 9.37 Å². The topological polar surface area (TPSA) is 97.1 Å². The maximum atomic E-state index is 16.1. The van der Waals surface area contributed by atoms with E-state index in [0.29, 0.717) is 43.8 Å². The second-order valence-electron chi connectivity index (χ2n) is 12.1. The number of fused-ring (bicyclic) bond motifs is 3. The number of ether oxygens (including phenoxy) is 2. The molecule has 2 saturated heterocycles. The number of halogens is 1. The zero-order valence-corrected chi connectivity index (χ0v) is 21.7. The normalized spacial score (nSPS) is 40.6. The van der Waals surface area contributed by atoms with Gasteiger partial charge in [-0.1, -0.05) is 25.7 Å². The first-order chi connectivity index (χ1) is 18.5. The average molecular weight is 529 g/mol. The van der Waals surface area contributed by atoms with E-state index in [1.807, 2.05) is 6.20 Å². The smallest absolute Gasteiger partial charge is 0.259 e. The molecule has 3 aliphatic heterocycles. The Bertz CT molecular complexity index is 1120. The van der Waals surface area contributed by atoms with Crippen molar-refractivity contribution in [3.63, 3.8) is 0 Å². The number of Topliss-reactive ketones (excluding diaryl/α,β-unsaturated/α-hetero) is 1. The van der Waals surface area contributed by atoms with Gasteiger partial charge in [-0.3, -0.25) is 9.59 Å². The summed E-state index contributed by atoms with van der Waals surface area (Å²) in [5.41, 5.74) is 0.666. The Morgan fingerprint density at radius 1 is 1.11 bits per heavy atom. The van der Waals surface area contributed by atoms with Gasteiger partial charge < -0.3 is 28.9 Å². The van der Waals surface area contributed by atoms with Gasteiger partial charge in [0.2, 0.25) is 0 Å². The fourth-order valence-electron chi connectivity index (χ4n) is 8.34. The Morgan fingerprint density at radius 2 is 1.87 bits per heavy atom. The van der Waals surface area contributed by atoms with Gasteiger partial charge in [-0.2, -0.15) is 0 Å². The van der Waals surface area contributed by atoms with Crippen LogP contribution in [-0.2, 0) is 25.7 Å². The minimum atomic E-state index is -1.34. The predicted molar refractivity (Wildman–Crippen MR) is 133 cm³/mol. The molecule has 1 N–H and O–H groups in total. The summed E-state index contributed by atoms with van der Waals surface area (Å²) in [6.45, 7) is 1.62. The Labute approximate surface area is 221 Å². The lowest BCUT2D eigenvalue weighted by Crippen LogP contribution is -2.70. The molecule has 10 heteroatoms. The Morgan fingerprint density at radius 3 is 2.61 bits per heavy atom. The minimum absolute atomic E-state index is 0.0360. The number of imidazole rings is 1. The third-order valence-electron chi connectivity index (χ3n) is 10.1. The van der Waals surface area contributed by atoms with Crippen molar-refractivity contribution in [2.45, 2.75) is 88.1 Å². The molecule has 0 spiro atoms. The van der Waals surface area contributed by atoms with E-state index >= 15 is 4.39 Å². The molecule has 1 aromatic rings. The van der Waals surface area contributed by atoms with Gasteiger partial charge in [0.05, 0.1) is 61.6 Å². The summed E-state index contributed by atoms with van der Waals surface area (Å²) in [5, 5.41) is 9.56. The van der Waals surface area contributed by atoms with E-state index in [2.05, 4.69) is 9.88 Å². The van der Waals surface area contributed by atoms with Gasteiger partial charge in [-0.05, 0) is 31.1 Å². The van der Waals surface area contributed by atoms with Crippen LogP contribution in [0.25, 0.3) is 0 Å². The van der Waals surface area contributed by atoms with Crippen molar-refractivity contribution in [1.29, 1.82) is 0 Å². The summed E-state index contributed by atoms with van der Waals surface area (Å²) in [5.74, 6) is 0.0789. The lowest BCUT2D eigenvalue weighted by Gasteiger charge is -2.61. The Kier molecular flexibility index (Phi) is 6.32. The number of aromatic nitrogens is 2. The highest BCUT2D eigenvalue weighted by molar-refractivity contribution is 6.20. The van der Waals surface area contributed by atoms with Crippen LogP contribution in [0.5, 0.6) is 0 Å². The van der Waals surface area contributed by atoms with Crippen molar-refractivity contribution in [3.8, 4) is 0 Å². The Hall–Kier alpha value is -2.30. The highest BCUT2D eigenvalue weighted by Crippen LogP contribution is 2.52. The van der Waals surface area contributed by atoms with E-state index in [1.165, 1.54) is 25.7 Å². The summed E-state index contributed by atoms with van der Waals surface area (Å²) in [7, 11) is 0. The van der Waals surface area contributed by atoms with Crippen LogP contribution < -0.4 is 0 Å². The molecule has 1 aromatic heterocycles. The van der Waals surface area contributed by atoms with E-state index in [-0.39, 0.29) is 48.5 Å². The van der Waals surface area contributed by atoms with Crippen LogP contribution in [0.15, 0.2) is 24.3 Å². The van der Waals surface area contributed by atoms with E-state index < -0.39 is 24.2 Å². The van der Waals surface area contributed by atoms with Crippen LogP contribution in [-0.4, -0.2) is 92.9 Å². The summed E-state index contributed by atoms with van der Waals surface area (Å²) < 4.78 is 30.0. The van der Waals surface area contributed by atoms with E-state index in [0.717, 1.165) is 12.8 Å². The maximum absolute atomic E-state index is 16.1. The first-order valence-electron chi connectivity index (χ1n) is 14.4. The van der Waals surface area contributed by atoms with Crippen LogP contribution in [0.4, 0.5) is 4.39 Å². The highest BCUT2D eigenvalue weighted by atomic mass is 19.1. The monoisotopic (exact) mass is 528 g/mol. The number of hydrogen-bond donors (Lipinski definition) is 1. The molecule has 5 fully saturated rings. The van der Waals surface area contributed by atoms with Gasteiger partial charge in [0.15, 0.2) is 5.78 Å². The van der Waals surface area contributed by atoms with Gasteiger partial charge in [0.1, 0.15) is 12.3 Å². The standard InChI is InChI=1S/C28H37FN4O5/c29-21-11-19-24-27(25(21)32-12-18(14-34)30-15-32)38-23-10-17-4-2-1-3-16(17)9-22(23)33(24)13-20(26(19)35)28(36)31-5-7-37-8-6-31/h12-13,15-17,19,21-25,27,34H,1-11,14H2. The molecule has 7 rings (SSSR count). The molecule has 206 valence electrons. The zero-order valence-electron chi connectivity index (χ0n) is 21.7. The first kappa shape index (κ1) is 24.7. The van der Waals surface area contributed by atoms with E-state index in [9.17, 15) is 14.7 Å². The molecule has 9 nitrogen and oxygen atoms in total. The van der Waals surface area contributed by atoms with Crippen molar-refractivity contribution in [1.82, 2.24) is 19.4 Å². The van der Waals surface area contributed by atoms with Crippen LogP contribution >= 0.6 is 0 Å². The Balaban J connectivity index is 1.28.